The Balaban J connectivity index is 4.84. The van der Waals surface area contributed by atoms with E-state index >= 15 is 0 Å². The van der Waals surface area contributed by atoms with Crippen LogP contribution in [0.1, 0.15) is 20.3 Å². The van der Waals surface area contributed by atoms with Crippen molar-refractivity contribution in [2.24, 2.45) is 0 Å². The summed E-state index contributed by atoms with van der Waals surface area (Å²) >= 11 is 0. The molecule has 13 heteroatoms. The standard InChI is InChI=1S/C20H35N3O9Si/c1-15(2)17(24)31-12-10-22-20(27)23(11-13-32-18(25)16(3)4)19(26)21-9-8-14-33(28-5,29-6)30-7/h1,3,8-14H2,2,4-7H3,(H,21,26)(H,22,27). The molecule has 0 spiro atoms. The third-order valence-corrected chi connectivity index (χ3v) is 7.05. The van der Waals surface area contributed by atoms with E-state index in [-0.39, 0.29) is 44.0 Å². The lowest BCUT2D eigenvalue weighted by molar-refractivity contribution is -0.139. The highest BCUT2D eigenvalue weighted by molar-refractivity contribution is 6.60. The fourth-order valence-corrected chi connectivity index (χ4v) is 4.04. The Morgan fingerprint density at radius 1 is 0.788 bits per heavy atom. The van der Waals surface area contributed by atoms with Crippen LogP contribution in [0, 0.1) is 0 Å². The van der Waals surface area contributed by atoms with Gasteiger partial charge >= 0.3 is 32.8 Å². The number of urea groups is 2. The fourth-order valence-electron chi connectivity index (χ4n) is 2.32. The van der Waals surface area contributed by atoms with E-state index in [9.17, 15) is 19.2 Å². The van der Waals surface area contributed by atoms with Gasteiger partial charge in [-0.3, -0.25) is 0 Å². The first-order chi connectivity index (χ1) is 15.5. The van der Waals surface area contributed by atoms with E-state index in [1.807, 2.05) is 0 Å². The Morgan fingerprint density at radius 3 is 1.70 bits per heavy atom. The highest BCUT2D eigenvalue weighted by Crippen LogP contribution is 2.14. The maximum atomic E-state index is 12.6. The minimum atomic E-state index is -2.78. The van der Waals surface area contributed by atoms with Gasteiger partial charge in [0.1, 0.15) is 13.2 Å². The summed E-state index contributed by atoms with van der Waals surface area (Å²) in [4.78, 5) is 48.8. The van der Waals surface area contributed by atoms with E-state index in [4.69, 9.17) is 22.8 Å². The zero-order chi connectivity index (χ0) is 25.4. The number of carbonyl (C=O) groups excluding carboxylic acids is 4. The summed E-state index contributed by atoms with van der Waals surface area (Å²) in [5.41, 5.74) is 0.418. The van der Waals surface area contributed by atoms with Crippen LogP contribution >= 0.6 is 0 Å². The summed E-state index contributed by atoms with van der Waals surface area (Å²) in [7, 11) is 1.69. The number of nitrogens with one attached hydrogen (secondary N) is 2. The lowest BCUT2D eigenvalue weighted by Gasteiger charge is -2.25. The van der Waals surface area contributed by atoms with Crippen LogP contribution in [0.4, 0.5) is 9.59 Å². The number of nitrogens with zero attached hydrogens (tertiary/aromatic N) is 1. The summed E-state index contributed by atoms with van der Waals surface area (Å²) < 4.78 is 25.8. The molecule has 2 N–H and O–H groups in total. The third-order valence-electron chi connectivity index (χ3n) is 4.22. The molecule has 33 heavy (non-hydrogen) atoms. The molecule has 4 amide bonds. The van der Waals surface area contributed by atoms with E-state index in [1.54, 1.807) is 0 Å². The number of hydrogen-bond acceptors (Lipinski definition) is 9. The summed E-state index contributed by atoms with van der Waals surface area (Å²) in [6.45, 7) is 9.57. The largest absolute Gasteiger partial charge is 0.500 e. The van der Waals surface area contributed by atoms with Crippen LogP contribution in [0.25, 0.3) is 0 Å². The Bertz CT molecular complexity index is 703. The molecule has 0 saturated heterocycles. The number of imide groups is 1. The van der Waals surface area contributed by atoms with Gasteiger partial charge in [-0.25, -0.2) is 24.1 Å². The van der Waals surface area contributed by atoms with Crippen molar-refractivity contribution < 1.29 is 41.9 Å². The average Bonchev–Trinajstić information content (AvgIpc) is 2.79. The Kier molecular flexibility index (Phi) is 14.6. The number of esters is 2. The number of ether oxygens (including phenoxy) is 2. The summed E-state index contributed by atoms with van der Waals surface area (Å²) in [6, 6.07) is -0.996. The summed E-state index contributed by atoms with van der Waals surface area (Å²) in [6.07, 6.45) is 0.477. The molecular formula is C20H35N3O9Si. The molecule has 0 atom stereocenters. The molecule has 0 rings (SSSR count). The molecule has 0 fully saturated rings. The minimum absolute atomic E-state index is 0.0309. The predicted molar refractivity (Wildman–Crippen MR) is 121 cm³/mol. The molecule has 0 radical (unpaired) electrons. The van der Waals surface area contributed by atoms with Gasteiger partial charge in [0.25, 0.3) is 0 Å². The second-order valence-electron chi connectivity index (χ2n) is 6.85. The highest BCUT2D eigenvalue weighted by atomic mass is 28.4. The molecule has 0 heterocycles. The van der Waals surface area contributed by atoms with Crippen molar-refractivity contribution in [1.82, 2.24) is 15.5 Å². The van der Waals surface area contributed by atoms with Crippen LogP contribution in [0.5, 0.6) is 0 Å². The smallest absolute Gasteiger partial charge is 0.460 e. The maximum Gasteiger partial charge on any atom is 0.500 e. The van der Waals surface area contributed by atoms with Gasteiger partial charge < -0.3 is 33.4 Å². The van der Waals surface area contributed by atoms with Crippen molar-refractivity contribution in [2.75, 3.05) is 54.2 Å². The van der Waals surface area contributed by atoms with Crippen molar-refractivity contribution in [2.45, 2.75) is 26.3 Å². The van der Waals surface area contributed by atoms with Gasteiger partial charge in [0.05, 0.1) is 13.1 Å². The third kappa shape index (κ3) is 11.6. The molecule has 0 saturated carbocycles. The molecule has 0 aromatic carbocycles. The second kappa shape index (κ2) is 16.0. The van der Waals surface area contributed by atoms with Gasteiger partial charge in [-0.1, -0.05) is 13.2 Å². The van der Waals surface area contributed by atoms with Crippen molar-refractivity contribution in [3.05, 3.63) is 24.3 Å². The molecule has 0 unspecified atom stereocenters. The van der Waals surface area contributed by atoms with Gasteiger partial charge in [-0.05, 0) is 20.3 Å². The molecule has 0 aromatic heterocycles. The minimum Gasteiger partial charge on any atom is -0.460 e. The summed E-state index contributed by atoms with van der Waals surface area (Å²) in [5.74, 6) is -1.23. The summed E-state index contributed by atoms with van der Waals surface area (Å²) in [5, 5.41) is 5.09. The van der Waals surface area contributed by atoms with Crippen LogP contribution < -0.4 is 10.6 Å². The van der Waals surface area contributed by atoms with E-state index in [1.165, 1.54) is 35.2 Å². The molecule has 188 valence electrons. The van der Waals surface area contributed by atoms with Crippen LogP contribution in [0.15, 0.2) is 24.3 Å². The van der Waals surface area contributed by atoms with E-state index in [0.717, 1.165) is 4.90 Å². The highest BCUT2D eigenvalue weighted by Gasteiger charge is 2.37. The molecular weight excluding hydrogens is 454 g/mol. The average molecular weight is 490 g/mol. The topological polar surface area (TPSA) is 142 Å². The fraction of sp³-hybridized carbons (Fsp3) is 0.600. The number of rotatable bonds is 15. The van der Waals surface area contributed by atoms with Crippen LogP contribution in [-0.2, 0) is 32.3 Å². The SMILES string of the molecule is C=C(C)C(=O)OCCNC(=O)N(CCOC(=O)C(=C)C)C(=O)NCCC[Si](OC)(OC)OC. The van der Waals surface area contributed by atoms with E-state index < -0.39 is 32.8 Å². The number of carbonyl (C=O) groups is 4. The lowest BCUT2D eigenvalue weighted by atomic mass is 10.4. The Labute approximate surface area is 195 Å². The normalized spacial score (nSPS) is 10.7. The number of amides is 4. The molecule has 0 aliphatic rings. The Morgan fingerprint density at radius 2 is 1.24 bits per heavy atom. The van der Waals surface area contributed by atoms with Gasteiger partial charge in [0.15, 0.2) is 0 Å². The monoisotopic (exact) mass is 489 g/mol. The lowest BCUT2D eigenvalue weighted by Crippen LogP contribution is -2.51. The van der Waals surface area contributed by atoms with Crippen molar-refractivity contribution in [3.63, 3.8) is 0 Å². The Hall–Kier alpha value is -2.74. The zero-order valence-electron chi connectivity index (χ0n) is 20.0. The van der Waals surface area contributed by atoms with Crippen molar-refractivity contribution in [3.8, 4) is 0 Å². The van der Waals surface area contributed by atoms with Crippen molar-refractivity contribution >= 4 is 32.8 Å². The van der Waals surface area contributed by atoms with Crippen LogP contribution in [0.2, 0.25) is 6.04 Å². The van der Waals surface area contributed by atoms with Crippen LogP contribution in [0.3, 0.4) is 0 Å². The quantitative estimate of drug-likeness (QED) is 0.150. The van der Waals surface area contributed by atoms with E-state index in [2.05, 4.69) is 23.8 Å². The van der Waals surface area contributed by atoms with Gasteiger partial charge in [0, 0.05) is 45.1 Å². The van der Waals surface area contributed by atoms with Gasteiger partial charge in [-0.2, -0.15) is 0 Å². The number of hydrogen-bond donors (Lipinski definition) is 2. The first-order valence-corrected chi connectivity index (χ1v) is 12.1. The van der Waals surface area contributed by atoms with Crippen molar-refractivity contribution in [1.29, 1.82) is 0 Å². The molecule has 0 bridgehead atoms. The second-order valence-corrected chi connectivity index (χ2v) is 9.94. The van der Waals surface area contributed by atoms with Gasteiger partial charge in [-0.15, -0.1) is 0 Å². The predicted octanol–water partition coefficient (Wildman–Crippen LogP) is 1.21. The zero-order valence-corrected chi connectivity index (χ0v) is 21.0. The van der Waals surface area contributed by atoms with Gasteiger partial charge in [0.2, 0.25) is 0 Å². The van der Waals surface area contributed by atoms with E-state index in [0.29, 0.717) is 12.5 Å². The molecule has 0 aliphatic heterocycles. The molecule has 0 aliphatic carbocycles. The maximum absolute atomic E-state index is 12.6. The molecule has 12 nitrogen and oxygen atoms in total. The first kappa shape index (κ1) is 30.3. The first-order valence-electron chi connectivity index (χ1n) is 10.2. The van der Waals surface area contributed by atoms with Crippen LogP contribution in [-0.4, -0.2) is 91.9 Å². The molecule has 0 aromatic rings.